The topological polar surface area (TPSA) is 34.1 Å². The van der Waals surface area contributed by atoms with Crippen molar-refractivity contribution in [3.8, 4) is 0 Å². The van der Waals surface area contributed by atoms with Gasteiger partial charge in [-0.3, -0.25) is 9.59 Å². The third-order valence-electron chi connectivity index (χ3n) is 4.03. The summed E-state index contributed by atoms with van der Waals surface area (Å²) in [4.78, 5) is 25.2. The number of carbonyl (C=O) groups is 2. The van der Waals surface area contributed by atoms with Gasteiger partial charge in [0.05, 0.1) is 0 Å². The minimum absolute atomic E-state index is 0.0346. The predicted octanol–water partition coefficient (Wildman–Crippen LogP) is 5.88. The Bertz CT molecular complexity index is 927. The van der Waals surface area contributed by atoms with Gasteiger partial charge in [-0.25, -0.2) is 0 Å². The second-order valence-electron chi connectivity index (χ2n) is 5.87. The molecule has 3 aromatic rings. The first kappa shape index (κ1) is 17.8. The number of carbonyl (C=O) groups excluding carboxylic acids is 2. The Morgan fingerprint density at radius 3 is 1.81 bits per heavy atom. The zero-order valence-electron chi connectivity index (χ0n) is 14.1. The summed E-state index contributed by atoms with van der Waals surface area (Å²) in [5.41, 5.74) is 2.69. The first-order valence-corrected chi connectivity index (χ1v) is 8.65. The van der Waals surface area contributed by atoms with E-state index in [1.54, 1.807) is 42.5 Å². The molecule has 0 unspecified atom stereocenters. The van der Waals surface area contributed by atoms with Crippen LogP contribution in [0.3, 0.4) is 0 Å². The summed E-state index contributed by atoms with van der Waals surface area (Å²) < 4.78 is 0. The summed E-state index contributed by atoms with van der Waals surface area (Å²) in [5.74, 6) is -0.163. The first-order valence-electron chi connectivity index (χ1n) is 8.27. The number of halogens is 1. The molecule has 0 aliphatic heterocycles. The molecule has 3 aromatic carbocycles. The minimum atomic E-state index is -0.128. The smallest absolute Gasteiger partial charge is 0.186 e. The largest absolute Gasteiger partial charge is 0.294 e. The van der Waals surface area contributed by atoms with E-state index in [0.29, 0.717) is 21.7 Å². The van der Waals surface area contributed by atoms with Gasteiger partial charge in [0.15, 0.2) is 11.6 Å². The lowest BCUT2D eigenvalue weighted by Gasteiger charge is -2.08. The average Bonchev–Trinajstić information content (AvgIpc) is 2.69. The number of hydrogen-bond donors (Lipinski definition) is 0. The van der Waals surface area contributed by atoms with Crippen molar-refractivity contribution in [2.45, 2.75) is 6.42 Å². The number of rotatable bonds is 6. The zero-order chi connectivity index (χ0) is 18.4. The molecule has 0 heterocycles. The first-order chi connectivity index (χ1) is 12.6. The van der Waals surface area contributed by atoms with E-state index in [4.69, 9.17) is 11.6 Å². The van der Waals surface area contributed by atoms with Gasteiger partial charge in [-0.05, 0) is 29.3 Å². The summed E-state index contributed by atoms with van der Waals surface area (Å²) in [7, 11) is 0. The van der Waals surface area contributed by atoms with Crippen LogP contribution in [0.15, 0.2) is 91.0 Å². The van der Waals surface area contributed by atoms with Crippen LogP contribution in [0.25, 0.3) is 5.57 Å². The number of hydrogen-bond acceptors (Lipinski definition) is 2. The molecule has 0 aliphatic rings. The minimum Gasteiger partial charge on any atom is -0.294 e. The maximum Gasteiger partial charge on any atom is 0.186 e. The van der Waals surface area contributed by atoms with E-state index in [0.717, 1.165) is 5.56 Å². The molecule has 3 rings (SSSR count). The van der Waals surface area contributed by atoms with Gasteiger partial charge in [-0.2, -0.15) is 0 Å². The molecule has 0 atom stereocenters. The Morgan fingerprint density at radius 1 is 0.692 bits per heavy atom. The maximum absolute atomic E-state index is 12.6. The van der Waals surface area contributed by atoms with Crippen molar-refractivity contribution in [3.63, 3.8) is 0 Å². The van der Waals surface area contributed by atoms with E-state index in [1.165, 1.54) is 0 Å². The van der Waals surface area contributed by atoms with Crippen molar-refractivity contribution in [2.24, 2.45) is 0 Å². The normalized spacial score (nSPS) is 11.2. The van der Waals surface area contributed by atoms with E-state index < -0.39 is 0 Å². The molecule has 26 heavy (non-hydrogen) atoms. The molecule has 0 amide bonds. The van der Waals surface area contributed by atoms with Crippen LogP contribution in [-0.2, 0) is 0 Å². The molecule has 0 saturated carbocycles. The molecule has 0 saturated heterocycles. The summed E-state index contributed by atoms with van der Waals surface area (Å²) in [6.45, 7) is 0. The van der Waals surface area contributed by atoms with Gasteiger partial charge >= 0.3 is 0 Å². The summed E-state index contributed by atoms with van der Waals surface area (Å²) in [6, 6.07) is 25.3. The molecular weight excluding hydrogens is 344 g/mol. The van der Waals surface area contributed by atoms with E-state index in [2.05, 4.69) is 0 Å². The third kappa shape index (κ3) is 4.56. The Kier molecular flexibility index (Phi) is 5.77. The highest BCUT2D eigenvalue weighted by Gasteiger charge is 2.13. The van der Waals surface area contributed by atoms with Crippen molar-refractivity contribution < 1.29 is 9.59 Å². The Hall–Kier alpha value is -2.97. The standard InChI is InChI=1S/C23H17ClO2/c24-21-13-11-17(12-14-21)20(15-22(25)18-7-3-1-4-8-18)16-23(26)19-9-5-2-6-10-19/h1-15H,16H2/b20-15-. The second kappa shape index (κ2) is 8.41. The molecular formula is C23H17ClO2. The van der Waals surface area contributed by atoms with E-state index in [1.807, 2.05) is 48.5 Å². The SMILES string of the molecule is O=C(/C=C(/CC(=O)c1ccccc1)c1ccc(Cl)cc1)c1ccccc1. The zero-order valence-corrected chi connectivity index (χ0v) is 14.8. The molecule has 0 aromatic heterocycles. The molecule has 0 spiro atoms. The third-order valence-corrected chi connectivity index (χ3v) is 4.28. The molecule has 0 aliphatic carbocycles. The van der Waals surface area contributed by atoms with Crippen molar-refractivity contribution in [2.75, 3.05) is 0 Å². The van der Waals surface area contributed by atoms with Crippen LogP contribution in [0.2, 0.25) is 5.02 Å². The Morgan fingerprint density at radius 2 is 1.23 bits per heavy atom. The highest BCUT2D eigenvalue weighted by atomic mass is 35.5. The monoisotopic (exact) mass is 360 g/mol. The fraction of sp³-hybridized carbons (Fsp3) is 0.0435. The van der Waals surface area contributed by atoms with Crippen molar-refractivity contribution in [1.82, 2.24) is 0 Å². The number of benzene rings is 3. The lowest BCUT2D eigenvalue weighted by Crippen LogP contribution is -2.03. The molecule has 0 radical (unpaired) electrons. The van der Waals surface area contributed by atoms with Crippen LogP contribution in [0.5, 0.6) is 0 Å². The van der Waals surface area contributed by atoms with E-state index in [9.17, 15) is 9.59 Å². The molecule has 0 bridgehead atoms. The number of allylic oxidation sites excluding steroid dienone is 2. The highest BCUT2D eigenvalue weighted by Crippen LogP contribution is 2.23. The van der Waals surface area contributed by atoms with E-state index >= 15 is 0 Å². The molecule has 2 nitrogen and oxygen atoms in total. The fourth-order valence-electron chi connectivity index (χ4n) is 2.64. The van der Waals surface area contributed by atoms with Crippen LogP contribution in [0.1, 0.15) is 32.7 Å². The predicted molar refractivity (Wildman–Crippen MR) is 106 cm³/mol. The van der Waals surface area contributed by atoms with Crippen LogP contribution in [-0.4, -0.2) is 11.6 Å². The quantitative estimate of drug-likeness (QED) is 0.406. The van der Waals surface area contributed by atoms with Gasteiger partial charge in [0.2, 0.25) is 0 Å². The molecule has 128 valence electrons. The fourth-order valence-corrected chi connectivity index (χ4v) is 2.77. The number of ketones is 2. The van der Waals surface area contributed by atoms with Gasteiger partial charge in [0.1, 0.15) is 0 Å². The summed E-state index contributed by atoms with van der Waals surface area (Å²) in [5, 5.41) is 0.608. The van der Waals surface area contributed by atoms with Crippen molar-refractivity contribution in [3.05, 3.63) is 113 Å². The number of Topliss-reactive ketones (excluding diaryl/α,β-unsaturated/α-hetero) is 1. The van der Waals surface area contributed by atoms with Gasteiger partial charge in [0, 0.05) is 22.6 Å². The molecule has 0 fully saturated rings. The Labute approximate surface area is 157 Å². The van der Waals surface area contributed by atoms with E-state index in [-0.39, 0.29) is 18.0 Å². The van der Waals surface area contributed by atoms with Gasteiger partial charge in [-0.15, -0.1) is 0 Å². The van der Waals surface area contributed by atoms with Crippen LogP contribution in [0, 0.1) is 0 Å². The summed E-state index contributed by atoms with van der Waals surface area (Å²) >= 11 is 5.97. The molecule has 0 N–H and O–H groups in total. The van der Waals surface area contributed by atoms with Crippen LogP contribution in [0.4, 0.5) is 0 Å². The lowest BCUT2D eigenvalue weighted by molar-refractivity contribution is 0.0998. The lowest BCUT2D eigenvalue weighted by atomic mass is 9.95. The average molecular weight is 361 g/mol. The van der Waals surface area contributed by atoms with Crippen LogP contribution < -0.4 is 0 Å². The molecule has 3 heteroatoms. The highest BCUT2D eigenvalue weighted by molar-refractivity contribution is 6.30. The summed E-state index contributed by atoms with van der Waals surface area (Å²) in [6.07, 6.45) is 1.68. The Balaban J connectivity index is 1.94. The van der Waals surface area contributed by atoms with Crippen molar-refractivity contribution >= 4 is 28.7 Å². The van der Waals surface area contributed by atoms with Crippen LogP contribution >= 0.6 is 11.6 Å². The second-order valence-corrected chi connectivity index (χ2v) is 6.31. The van der Waals surface area contributed by atoms with Gasteiger partial charge in [0.25, 0.3) is 0 Å². The van der Waals surface area contributed by atoms with Crippen molar-refractivity contribution in [1.29, 1.82) is 0 Å². The van der Waals surface area contributed by atoms with Gasteiger partial charge in [-0.1, -0.05) is 84.4 Å². The van der Waals surface area contributed by atoms with Gasteiger partial charge < -0.3 is 0 Å². The maximum atomic E-state index is 12.6.